The summed E-state index contributed by atoms with van der Waals surface area (Å²) >= 11 is 0. The minimum atomic E-state index is 0.882. The molecule has 3 nitrogen and oxygen atoms in total. The van der Waals surface area contributed by atoms with E-state index in [9.17, 15) is 0 Å². The van der Waals surface area contributed by atoms with Crippen molar-refractivity contribution in [1.29, 1.82) is 0 Å². The van der Waals surface area contributed by atoms with Crippen LogP contribution in [0.5, 0.6) is 0 Å². The molecule has 0 radical (unpaired) electrons. The van der Waals surface area contributed by atoms with E-state index < -0.39 is 0 Å². The number of nitrogens with two attached hydrogens (primary N) is 1. The van der Waals surface area contributed by atoms with Crippen LogP contribution in [0.3, 0.4) is 0 Å². The van der Waals surface area contributed by atoms with Crippen molar-refractivity contribution in [2.75, 3.05) is 39.8 Å². The molecule has 2 N–H and O–H groups in total. The molecular formula is C12H23N3. The summed E-state index contributed by atoms with van der Waals surface area (Å²) in [5.74, 6) is 2.82. The van der Waals surface area contributed by atoms with E-state index in [1.807, 2.05) is 0 Å². The second kappa shape index (κ2) is 3.72. The number of rotatable bonds is 2. The number of nitrogens with zero attached hydrogens (tertiary/aromatic N) is 2. The molecule has 2 unspecified atom stereocenters. The van der Waals surface area contributed by atoms with Crippen molar-refractivity contribution < 1.29 is 0 Å². The Hall–Kier alpha value is -0.120. The maximum atomic E-state index is 5.74. The summed E-state index contributed by atoms with van der Waals surface area (Å²) in [4.78, 5) is 5.20. The van der Waals surface area contributed by atoms with Crippen LogP contribution in [-0.2, 0) is 0 Å². The zero-order chi connectivity index (χ0) is 10.4. The van der Waals surface area contributed by atoms with Gasteiger partial charge in [-0.15, -0.1) is 0 Å². The van der Waals surface area contributed by atoms with Gasteiger partial charge in [0.25, 0.3) is 0 Å². The van der Waals surface area contributed by atoms with Gasteiger partial charge < -0.3 is 10.6 Å². The van der Waals surface area contributed by atoms with Gasteiger partial charge in [0.05, 0.1) is 0 Å². The highest BCUT2D eigenvalue weighted by Gasteiger charge is 2.55. The van der Waals surface area contributed by atoms with E-state index in [-0.39, 0.29) is 0 Å². The predicted octanol–water partition coefficient (Wildman–Crippen LogP) is 0.217. The third-order valence-electron chi connectivity index (χ3n) is 4.88. The number of hydrogen-bond acceptors (Lipinski definition) is 3. The maximum Gasteiger partial charge on any atom is 0.0120 e. The Morgan fingerprint density at radius 2 is 1.73 bits per heavy atom. The highest BCUT2D eigenvalue weighted by Crippen LogP contribution is 2.51. The van der Waals surface area contributed by atoms with E-state index in [4.69, 9.17) is 5.73 Å². The van der Waals surface area contributed by atoms with Gasteiger partial charge in [0.1, 0.15) is 0 Å². The van der Waals surface area contributed by atoms with Gasteiger partial charge in [-0.2, -0.15) is 0 Å². The molecule has 2 atom stereocenters. The van der Waals surface area contributed by atoms with Crippen LogP contribution in [0.25, 0.3) is 0 Å². The van der Waals surface area contributed by atoms with Crippen LogP contribution < -0.4 is 5.73 Å². The van der Waals surface area contributed by atoms with E-state index >= 15 is 0 Å². The Morgan fingerprint density at radius 1 is 1.13 bits per heavy atom. The maximum absolute atomic E-state index is 5.74. The third-order valence-corrected chi connectivity index (χ3v) is 4.88. The van der Waals surface area contributed by atoms with Crippen LogP contribution in [0.4, 0.5) is 0 Å². The molecule has 2 heterocycles. The summed E-state index contributed by atoms with van der Waals surface area (Å²) in [7, 11) is 2.24. The largest absolute Gasteiger partial charge is 0.330 e. The Bertz CT molecular complexity index is 223. The van der Waals surface area contributed by atoms with Gasteiger partial charge >= 0.3 is 0 Å². The summed E-state index contributed by atoms with van der Waals surface area (Å²) in [5, 5.41) is 0. The van der Waals surface area contributed by atoms with Gasteiger partial charge in [-0.05, 0) is 57.3 Å². The van der Waals surface area contributed by atoms with Crippen molar-refractivity contribution in [3.05, 3.63) is 0 Å². The summed E-state index contributed by atoms with van der Waals surface area (Å²) in [6.07, 6.45) is 2.76. The van der Waals surface area contributed by atoms with E-state index in [2.05, 4.69) is 16.8 Å². The van der Waals surface area contributed by atoms with Gasteiger partial charge in [-0.3, -0.25) is 4.90 Å². The van der Waals surface area contributed by atoms with Gasteiger partial charge in [-0.1, -0.05) is 0 Å². The topological polar surface area (TPSA) is 32.5 Å². The Balaban J connectivity index is 1.50. The number of hydrogen-bond donors (Lipinski definition) is 1. The molecule has 0 spiro atoms. The molecule has 2 saturated heterocycles. The lowest BCUT2D eigenvalue weighted by molar-refractivity contribution is 0.128. The molecule has 1 saturated carbocycles. The second-order valence-electron chi connectivity index (χ2n) is 5.72. The van der Waals surface area contributed by atoms with Gasteiger partial charge in [0.15, 0.2) is 0 Å². The molecule has 0 aromatic rings. The number of likely N-dealkylation sites (tertiary alicyclic amines) is 2. The minimum absolute atomic E-state index is 0.882. The minimum Gasteiger partial charge on any atom is -0.330 e. The highest BCUT2D eigenvalue weighted by molar-refractivity contribution is 5.06. The Labute approximate surface area is 92.6 Å². The summed E-state index contributed by atoms with van der Waals surface area (Å²) < 4.78 is 0. The van der Waals surface area contributed by atoms with Crippen LogP contribution in [0.15, 0.2) is 0 Å². The number of fused-ring (bicyclic) bond motifs is 1. The summed E-state index contributed by atoms with van der Waals surface area (Å²) in [5.41, 5.74) is 5.74. The molecule has 0 bridgehead atoms. The SMILES string of the molecule is CN1CCC(N2CC3C(CN)C3C2)CC1. The lowest BCUT2D eigenvalue weighted by atomic mass is 10.0. The molecule has 0 aromatic heterocycles. The summed E-state index contributed by atoms with van der Waals surface area (Å²) in [6, 6.07) is 0.882. The first kappa shape index (κ1) is 10.1. The first-order chi connectivity index (χ1) is 7.29. The normalized spacial score (nSPS) is 43.2. The van der Waals surface area contributed by atoms with Gasteiger partial charge in [0, 0.05) is 19.1 Å². The third kappa shape index (κ3) is 1.71. The molecule has 86 valence electrons. The molecule has 0 aromatic carbocycles. The first-order valence-electron chi connectivity index (χ1n) is 6.42. The van der Waals surface area contributed by atoms with Crippen LogP contribution in [0, 0.1) is 17.8 Å². The molecule has 3 rings (SSSR count). The second-order valence-corrected chi connectivity index (χ2v) is 5.72. The van der Waals surface area contributed by atoms with E-state index in [1.54, 1.807) is 0 Å². The molecule has 3 fully saturated rings. The fourth-order valence-corrected chi connectivity index (χ4v) is 3.69. The average molecular weight is 209 g/mol. The van der Waals surface area contributed by atoms with Crippen LogP contribution >= 0.6 is 0 Å². The molecule has 1 aliphatic carbocycles. The predicted molar refractivity (Wildman–Crippen MR) is 61.6 cm³/mol. The first-order valence-corrected chi connectivity index (χ1v) is 6.42. The number of piperidine rings is 2. The Morgan fingerprint density at radius 3 is 2.27 bits per heavy atom. The van der Waals surface area contributed by atoms with Crippen molar-refractivity contribution in [3.8, 4) is 0 Å². The van der Waals surface area contributed by atoms with Crippen molar-refractivity contribution in [2.24, 2.45) is 23.5 Å². The van der Waals surface area contributed by atoms with Gasteiger partial charge in [-0.25, -0.2) is 0 Å². The standard InChI is InChI=1S/C12H23N3/c1-14-4-2-9(3-5-14)15-7-11-10(6-13)12(11)8-15/h9-12H,2-8,13H2,1H3. The van der Waals surface area contributed by atoms with E-state index in [0.717, 1.165) is 30.3 Å². The summed E-state index contributed by atoms with van der Waals surface area (Å²) in [6.45, 7) is 6.20. The Kier molecular flexibility index (Phi) is 2.49. The van der Waals surface area contributed by atoms with E-state index in [0.29, 0.717) is 0 Å². The highest BCUT2D eigenvalue weighted by atomic mass is 15.2. The molecule has 0 amide bonds. The van der Waals surface area contributed by atoms with Gasteiger partial charge in [0.2, 0.25) is 0 Å². The molecule has 2 aliphatic heterocycles. The van der Waals surface area contributed by atoms with Crippen molar-refractivity contribution in [1.82, 2.24) is 9.80 Å². The van der Waals surface area contributed by atoms with Crippen LogP contribution in [0.2, 0.25) is 0 Å². The van der Waals surface area contributed by atoms with Crippen molar-refractivity contribution >= 4 is 0 Å². The fraction of sp³-hybridized carbons (Fsp3) is 1.00. The smallest absolute Gasteiger partial charge is 0.0120 e. The van der Waals surface area contributed by atoms with Crippen molar-refractivity contribution in [3.63, 3.8) is 0 Å². The molecule has 3 aliphatic rings. The van der Waals surface area contributed by atoms with Crippen LogP contribution in [-0.4, -0.2) is 55.6 Å². The van der Waals surface area contributed by atoms with Crippen LogP contribution in [0.1, 0.15) is 12.8 Å². The molecule has 3 heteroatoms. The quantitative estimate of drug-likeness (QED) is 0.706. The zero-order valence-electron chi connectivity index (χ0n) is 9.73. The monoisotopic (exact) mass is 209 g/mol. The molecular weight excluding hydrogens is 186 g/mol. The lowest BCUT2D eigenvalue weighted by Gasteiger charge is -2.36. The van der Waals surface area contributed by atoms with Crippen molar-refractivity contribution in [2.45, 2.75) is 18.9 Å². The average Bonchev–Trinajstić information content (AvgIpc) is 2.72. The molecule has 15 heavy (non-hydrogen) atoms. The van der Waals surface area contributed by atoms with E-state index in [1.165, 1.54) is 39.0 Å². The zero-order valence-corrected chi connectivity index (χ0v) is 9.73. The fourth-order valence-electron chi connectivity index (χ4n) is 3.69. The lowest BCUT2D eigenvalue weighted by Crippen LogP contribution is -2.44.